The first-order chi connectivity index (χ1) is 40.1. The van der Waals surface area contributed by atoms with Crippen LogP contribution in [0.5, 0.6) is 0 Å². The average Bonchev–Trinajstić information content (AvgIpc) is 3.12. The van der Waals surface area contributed by atoms with Crippen LogP contribution in [0, 0.1) is 136 Å². The van der Waals surface area contributed by atoms with E-state index < -0.39 is 0 Å². The molecule has 0 aliphatic carbocycles. The number of nitriles is 12. The normalized spacial score (nSPS) is 9.80. The van der Waals surface area contributed by atoms with E-state index in [1.165, 1.54) is 72.8 Å². The van der Waals surface area contributed by atoms with Crippen molar-refractivity contribution in [1.82, 2.24) is 29.9 Å². The van der Waals surface area contributed by atoms with E-state index in [-0.39, 0.29) is 167 Å². The SMILES string of the molecule is CC.CS.N#Cc1ccc(-c2nc3c4nc(-c5ccc(C#N)c(C#N)c5)c(-c5ccc(C#N)c(C#N)c5)nc4c4nc(-c5ccc(C#N)c(C#N)c5)c(-c5ccc(C#N)c(C#N)c5)nc4c3nc2-c2ccc(C#N)c(C#N)c2)cc1C#N. The molecule has 0 spiro atoms. The Balaban J connectivity index is 0.00000215. The van der Waals surface area contributed by atoms with E-state index >= 15 is 0 Å². The highest BCUT2D eigenvalue weighted by molar-refractivity contribution is 7.79. The van der Waals surface area contributed by atoms with Crippen molar-refractivity contribution in [3.05, 3.63) is 176 Å². The Kier molecular flexibility index (Phi) is 16.0. The molecule has 0 aliphatic rings. The lowest BCUT2D eigenvalue weighted by atomic mass is 9.96. The molecular formula is C63H28N18S. The van der Waals surface area contributed by atoms with Crippen molar-refractivity contribution in [3.8, 4) is 140 Å². The Morgan fingerprint density at radius 1 is 0.220 bits per heavy atom. The molecule has 10 aromatic rings. The first-order valence-corrected chi connectivity index (χ1v) is 24.9. The minimum absolute atomic E-state index is 0.00621. The zero-order chi connectivity index (χ0) is 58.8. The predicted octanol–water partition coefficient (Wildman–Crippen LogP) is 11.6. The summed E-state index contributed by atoms with van der Waals surface area (Å²) in [4.78, 5) is 31.6. The maximum absolute atomic E-state index is 10.2. The van der Waals surface area contributed by atoms with Gasteiger partial charge in [0, 0.05) is 33.4 Å². The van der Waals surface area contributed by atoms with Crippen molar-refractivity contribution >= 4 is 45.7 Å². The van der Waals surface area contributed by atoms with Gasteiger partial charge >= 0.3 is 0 Å². The van der Waals surface area contributed by atoms with Crippen molar-refractivity contribution in [2.24, 2.45) is 0 Å². The fourth-order valence-electron chi connectivity index (χ4n) is 8.79. The third kappa shape index (κ3) is 9.68. The van der Waals surface area contributed by atoms with Crippen molar-refractivity contribution in [1.29, 1.82) is 63.1 Å². The average molecular weight is 1070 g/mol. The molecule has 0 aliphatic heterocycles. The summed E-state index contributed by atoms with van der Waals surface area (Å²) in [5.41, 5.74) is 2.65. The van der Waals surface area contributed by atoms with Gasteiger partial charge in [-0.15, -0.1) is 0 Å². The quantitative estimate of drug-likeness (QED) is 0.119. The summed E-state index contributed by atoms with van der Waals surface area (Å²) >= 11 is 3.53. The van der Waals surface area contributed by atoms with E-state index in [0.717, 1.165) is 0 Å². The molecule has 0 radical (unpaired) electrons. The van der Waals surface area contributed by atoms with Crippen LogP contribution in [0.15, 0.2) is 109 Å². The van der Waals surface area contributed by atoms with Gasteiger partial charge in [-0.25, -0.2) is 29.9 Å². The molecule has 0 bridgehead atoms. The zero-order valence-corrected chi connectivity index (χ0v) is 43.8. The zero-order valence-electron chi connectivity index (χ0n) is 42.9. The maximum atomic E-state index is 10.2. The molecule has 18 nitrogen and oxygen atoms in total. The topological polar surface area (TPSA) is 363 Å². The second kappa shape index (κ2) is 23.8. The molecule has 376 valence electrons. The lowest BCUT2D eigenvalue weighted by Crippen LogP contribution is -2.05. The Morgan fingerprint density at radius 2 is 0.341 bits per heavy atom. The number of nitrogens with zero attached hydrogens (tertiary/aromatic N) is 18. The summed E-state index contributed by atoms with van der Waals surface area (Å²) in [6, 6.07) is 50.9. The molecule has 0 saturated carbocycles. The first kappa shape index (κ1) is 55.0. The molecule has 0 fully saturated rings. The summed E-state index contributed by atoms with van der Waals surface area (Å²) in [5, 5.41) is 121. The molecule has 0 atom stereocenters. The fourth-order valence-corrected chi connectivity index (χ4v) is 8.79. The second-order valence-corrected chi connectivity index (χ2v) is 16.8. The number of fused-ring (bicyclic) bond motifs is 6. The predicted molar refractivity (Wildman–Crippen MR) is 301 cm³/mol. The molecule has 19 heteroatoms. The van der Waals surface area contributed by atoms with Crippen LogP contribution in [0.25, 0.3) is 101 Å². The van der Waals surface area contributed by atoms with Crippen LogP contribution in [-0.4, -0.2) is 36.2 Å². The van der Waals surface area contributed by atoms with Gasteiger partial charge in [-0.05, 0) is 79.1 Å². The van der Waals surface area contributed by atoms with Gasteiger partial charge in [-0.3, -0.25) is 0 Å². The van der Waals surface area contributed by atoms with E-state index in [0.29, 0.717) is 0 Å². The van der Waals surface area contributed by atoms with Gasteiger partial charge in [0.25, 0.3) is 0 Å². The molecule has 10 rings (SSSR count). The van der Waals surface area contributed by atoms with E-state index in [2.05, 4.69) is 12.6 Å². The van der Waals surface area contributed by atoms with Crippen molar-refractivity contribution in [2.75, 3.05) is 6.26 Å². The van der Waals surface area contributed by atoms with Gasteiger partial charge in [0.2, 0.25) is 0 Å². The van der Waals surface area contributed by atoms with Gasteiger partial charge in [0.15, 0.2) is 0 Å². The third-order valence-electron chi connectivity index (χ3n) is 12.6. The lowest BCUT2D eigenvalue weighted by molar-refractivity contribution is 1.24. The van der Waals surface area contributed by atoms with Crippen LogP contribution >= 0.6 is 12.6 Å². The number of rotatable bonds is 6. The minimum atomic E-state index is -0.00621. The molecule has 0 N–H and O–H groups in total. The highest BCUT2D eigenvalue weighted by Crippen LogP contribution is 2.43. The largest absolute Gasteiger partial charge is 0.241 e. The highest BCUT2D eigenvalue weighted by Gasteiger charge is 2.28. The van der Waals surface area contributed by atoms with Crippen LogP contribution in [-0.2, 0) is 0 Å². The van der Waals surface area contributed by atoms with E-state index in [9.17, 15) is 63.1 Å². The van der Waals surface area contributed by atoms with Gasteiger partial charge in [0.1, 0.15) is 106 Å². The second-order valence-electron chi connectivity index (χ2n) is 16.8. The summed E-state index contributed by atoms with van der Waals surface area (Å²) in [6.07, 6.45) is 1.69. The maximum Gasteiger partial charge on any atom is 0.120 e. The Morgan fingerprint density at radius 3 is 0.451 bits per heavy atom. The molecular weight excluding hydrogens is 1040 g/mol. The fraction of sp³-hybridized carbons (Fsp3) is 0.0476. The molecule has 0 saturated heterocycles. The lowest BCUT2D eigenvalue weighted by Gasteiger charge is -2.18. The van der Waals surface area contributed by atoms with E-state index in [1.54, 1.807) is 42.7 Å². The summed E-state index contributed by atoms with van der Waals surface area (Å²) in [6.45, 7) is 4.00. The van der Waals surface area contributed by atoms with Gasteiger partial charge in [-0.1, -0.05) is 50.2 Å². The van der Waals surface area contributed by atoms with Crippen LogP contribution in [0.1, 0.15) is 80.6 Å². The van der Waals surface area contributed by atoms with Crippen LogP contribution in [0.4, 0.5) is 0 Å². The van der Waals surface area contributed by atoms with Crippen molar-refractivity contribution < 1.29 is 0 Å². The monoisotopic (exact) mass is 1070 g/mol. The Bertz CT molecular complexity index is 4140. The highest BCUT2D eigenvalue weighted by atomic mass is 32.1. The van der Waals surface area contributed by atoms with Gasteiger partial charge in [-0.2, -0.15) is 75.8 Å². The summed E-state index contributed by atoms with van der Waals surface area (Å²) < 4.78 is 0. The molecule has 3 aromatic heterocycles. The van der Waals surface area contributed by atoms with Crippen LogP contribution in [0.3, 0.4) is 0 Å². The Hall–Kier alpha value is -13.2. The number of thiol groups is 1. The summed E-state index contributed by atoms with van der Waals surface area (Å²) in [5.74, 6) is 0. The molecule has 0 amide bonds. The van der Waals surface area contributed by atoms with Crippen molar-refractivity contribution in [3.63, 3.8) is 0 Å². The first-order valence-electron chi connectivity index (χ1n) is 24.0. The minimum Gasteiger partial charge on any atom is -0.241 e. The standard InChI is InChI=1S/C60H18N18.C2H6.CH4S/c61-19-37-7-1-31(13-43(37)25-67)49-50(32-2-8-38(20-62)44(14-32)26-68)74-56-55(73-49)57-59(77-52(34-4-10-40(22-64)46(16-34)28-70)51(75-57)33-3-9-39(21-63)45(15-33)27-69)60-58(56)76-53(35-5-11-41(23-65)47(17-35)29-71)54(78-60)36-6-12-42(24-66)48(18-36)30-72;2*1-2/h1-18H;1-2H3;2H,1H3. The van der Waals surface area contributed by atoms with E-state index in [1.807, 2.05) is 86.7 Å². The van der Waals surface area contributed by atoms with Crippen LogP contribution < -0.4 is 0 Å². The van der Waals surface area contributed by atoms with Crippen LogP contribution in [0.2, 0.25) is 0 Å². The smallest absolute Gasteiger partial charge is 0.120 e. The molecule has 7 aromatic carbocycles. The van der Waals surface area contributed by atoms with Gasteiger partial charge < -0.3 is 0 Å². The number of benzene rings is 7. The van der Waals surface area contributed by atoms with Gasteiger partial charge in [0.05, 0.1) is 101 Å². The van der Waals surface area contributed by atoms with Crippen molar-refractivity contribution in [2.45, 2.75) is 13.8 Å². The number of aromatic nitrogens is 6. The molecule has 3 heterocycles. The molecule has 0 unspecified atom stereocenters. The number of hydrogen-bond acceptors (Lipinski definition) is 19. The van der Waals surface area contributed by atoms with E-state index in [4.69, 9.17) is 29.9 Å². The third-order valence-corrected chi connectivity index (χ3v) is 12.6. The Labute approximate surface area is 472 Å². The number of hydrogen-bond donors (Lipinski definition) is 1. The molecule has 82 heavy (non-hydrogen) atoms. The summed E-state index contributed by atoms with van der Waals surface area (Å²) in [7, 11) is 0.